The number of urea groups is 1. The van der Waals surface area contributed by atoms with Crippen molar-refractivity contribution in [3.8, 4) is 5.75 Å². The van der Waals surface area contributed by atoms with Crippen molar-refractivity contribution in [3.05, 3.63) is 41.7 Å². The van der Waals surface area contributed by atoms with Gasteiger partial charge in [-0.3, -0.25) is 0 Å². The Bertz CT molecular complexity index is 846. The molecule has 4 aliphatic carbocycles. The first-order valence-electron chi connectivity index (χ1n) is 10.1. The molecule has 4 bridgehead atoms. The molecule has 4 fully saturated rings. The molecule has 1 aromatic heterocycles. The van der Waals surface area contributed by atoms with Gasteiger partial charge >= 0.3 is 6.03 Å². The number of amides is 2. The number of nitrogens with zero attached hydrogens (tertiary/aromatic N) is 2. The molecule has 0 spiro atoms. The average molecular weight is 401 g/mol. The molecule has 6 rings (SSSR count). The number of hydrogen-bond acceptors (Lipinski definition) is 3. The molecule has 2 N–H and O–H groups in total. The van der Waals surface area contributed by atoms with Crippen LogP contribution in [-0.2, 0) is 6.73 Å². The Balaban J connectivity index is 1.16. The van der Waals surface area contributed by atoms with Crippen LogP contribution in [0.1, 0.15) is 38.5 Å². The number of hydrogen-bond donors (Lipinski definition) is 2. The van der Waals surface area contributed by atoms with E-state index in [0.29, 0.717) is 16.5 Å². The zero-order valence-electron chi connectivity index (χ0n) is 15.7. The van der Waals surface area contributed by atoms with Crippen molar-refractivity contribution in [3.63, 3.8) is 0 Å². The van der Waals surface area contributed by atoms with Gasteiger partial charge in [-0.05, 0) is 74.5 Å². The Hall–Kier alpha value is -2.21. The number of carbonyl (C=O) groups excluding carboxylic acids is 1. The van der Waals surface area contributed by atoms with Crippen molar-refractivity contribution < 1.29 is 9.53 Å². The van der Waals surface area contributed by atoms with E-state index >= 15 is 0 Å². The third kappa shape index (κ3) is 3.70. The molecule has 0 unspecified atom stereocenters. The second-order valence-corrected chi connectivity index (χ2v) is 9.21. The summed E-state index contributed by atoms with van der Waals surface area (Å²) in [5, 5.41) is 11.1. The fourth-order valence-electron chi connectivity index (χ4n) is 5.86. The second kappa shape index (κ2) is 6.99. The second-order valence-electron chi connectivity index (χ2n) is 8.78. The number of anilines is 1. The molecule has 1 aromatic carbocycles. The number of aromatic nitrogens is 2. The topological polar surface area (TPSA) is 68.2 Å². The molecule has 148 valence electrons. The Morgan fingerprint density at radius 2 is 1.93 bits per heavy atom. The molecule has 4 saturated carbocycles. The summed E-state index contributed by atoms with van der Waals surface area (Å²) in [5.41, 5.74) is 0.668. The van der Waals surface area contributed by atoms with Gasteiger partial charge in [0, 0.05) is 10.6 Å². The van der Waals surface area contributed by atoms with Crippen LogP contribution in [0, 0.1) is 17.8 Å². The summed E-state index contributed by atoms with van der Waals surface area (Å²) >= 11 is 5.96. The Labute approximate surface area is 169 Å². The zero-order chi connectivity index (χ0) is 19.1. The molecular formula is C21H25ClN4O2. The van der Waals surface area contributed by atoms with Gasteiger partial charge in [-0.15, -0.1) is 0 Å². The van der Waals surface area contributed by atoms with Crippen molar-refractivity contribution in [2.75, 3.05) is 5.32 Å². The fraction of sp³-hybridized carbons (Fsp3) is 0.524. The number of nitrogens with one attached hydrogen (secondary N) is 2. The molecule has 2 amide bonds. The molecule has 0 radical (unpaired) electrons. The first-order valence-corrected chi connectivity index (χ1v) is 10.4. The minimum atomic E-state index is -0.128. The van der Waals surface area contributed by atoms with Gasteiger partial charge in [-0.25, -0.2) is 9.48 Å². The van der Waals surface area contributed by atoms with E-state index in [9.17, 15) is 4.79 Å². The van der Waals surface area contributed by atoms with E-state index < -0.39 is 0 Å². The molecule has 2 aromatic rings. The maximum absolute atomic E-state index is 12.6. The Morgan fingerprint density at radius 1 is 1.21 bits per heavy atom. The Kier molecular flexibility index (Phi) is 4.46. The van der Waals surface area contributed by atoms with Crippen LogP contribution < -0.4 is 15.4 Å². The molecule has 28 heavy (non-hydrogen) atoms. The summed E-state index contributed by atoms with van der Waals surface area (Å²) in [6.07, 6.45) is 10.9. The van der Waals surface area contributed by atoms with Crippen LogP contribution in [0.25, 0.3) is 0 Å². The van der Waals surface area contributed by atoms with Crippen LogP contribution in [0.5, 0.6) is 5.75 Å². The van der Waals surface area contributed by atoms with Crippen molar-refractivity contribution >= 4 is 23.3 Å². The van der Waals surface area contributed by atoms with Crippen LogP contribution in [0.15, 0.2) is 36.7 Å². The first kappa shape index (κ1) is 17.9. The smallest absolute Gasteiger partial charge is 0.319 e. The van der Waals surface area contributed by atoms with E-state index in [1.165, 1.54) is 19.3 Å². The predicted octanol–water partition coefficient (Wildman–Crippen LogP) is 4.66. The highest BCUT2D eigenvalue weighted by atomic mass is 35.5. The third-order valence-electron chi connectivity index (χ3n) is 6.47. The first-order chi connectivity index (χ1) is 13.6. The molecule has 0 aliphatic heterocycles. The molecule has 7 heteroatoms. The monoisotopic (exact) mass is 400 g/mol. The van der Waals surface area contributed by atoms with Crippen LogP contribution in [0.2, 0.25) is 5.02 Å². The van der Waals surface area contributed by atoms with Crippen LogP contribution in [0.3, 0.4) is 0 Å². The molecule has 1 heterocycles. The van der Waals surface area contributed by atoms with Crippen molar-refractivity contribution in [1.82, 2.24) is 15.1 Å². The standard InChI is InChI=1S/C21H25ClN4O2/c22-17-2-1-3-19(7-17)28-13-26-12-18(11-23-26)24-20(27)25-21-8-14-4-15(9-21)6-16(5-14)10-21/h1-3,7,11-12,14-16H,4-6,8-10,13H2,(H2,24,25,27). The summed E-state index contributed by atoms with van der Waals surface area (Å²) in [5.74, 6) is 3.09. The lowest BCUT2D eigenvalue weighted by molar-refractivity contribution is -0.0127. The van der Waals surface area contributed by atoms with Crippen LogP contribution in [-0.4, -0.2) is 21.4 Å². The van der Waals surface area contributed by atoms with Gasteiger partial charge in [0.05, 0.1) is 18.1 Å². The van der Waals surface area contributed by atoms with Gasteiger partial charge < -0.3 is 15.4 Å². The quantitative estimate of drug-likeness (QED) is 0.766. The minimum absolute atomic E-state index is 0.00448. The number of benzene rings is 1. The van der Waals surface area contributed by atoms with E-state index in [-0.39, 0.29) is 18.3 Å². The highest BCUT2D eigenvalue weighted by Crippen LogP contribution is 2.55. The van der Waals surface area contributed by atoms with Gasteiger partial charge in [-0.1, -0.05) is 17.7 Å². The number of carbonyl (C=O) groups is 1. The lowest BCUT2D eigenvalue weighted by Crippen LogP contribution is -2.60. The lowest BCUT2D eigenvalue weighted by atomic mass is 9.53. The maximum Gasteiger partial charge on any atom is 0.319 e. The van der Waals surface area contributed by atoms with Gasteiger partial charge in [-0.2, -0.15) is 5.10 Å². The van der Waals surface area contributed by atoms with E-state index in [0.717, 1.165) is 37.0 Å². The fourth-order valence-corrected chi connectivity index (χ4v) is 6.04. The van der Waals surface area contributed by atoms with E-state index in [1.807, 2.05) is 12.1 Å². The van der Waals surface area contributed by atoms with Crippen molar-refractivity contribution in [2.24, 2.45) is 17.8 Å². The van der Waals surface area contributed by atoms with Gasteiger partial charge in [0.25, 0.3) is 0 Å². The van der Waals surface area contributed by atoms with Gasteiger partial charge in [0.2, 0.25) is 0 Å². The SMILES string of the molecule is O=C(Nc1cnn(COc2cccc(Cl)c2)c1)NC12CC3CC(CC(C3)C1)C2. The van der Waals surface area contributed by atoms with Crippen molar-refractivity contribution in [1.29, 1.82) is 0 Å². The molecular weight excluding hydrogens is 376 g/mol. The van der Waals surface area contributed by atoms with Crippen molar-refractivity contribution in [2.45, 2.75) is 50.8 Å². The average Bonchev–Trinajstić information content (AvgIpc) is 3.05. The van der Waals surface area contributed by atoms with Gasteiger partial charge in [0.15, 0.2) is 6.73 Å². The molecule has 0 atom stereocenters. The summed E-state index contributed by atoms with van der Waals surface area (Å²) in [4.78, 5) is 12.6. The highest BCUT2D eigenvalue weighted by molar-refractivity contribution is 6.30. The molecule has 6 nitrogen and oxygen atoms in total. The summed E-state index contributed by atoms with van der Waals surface area (Å²) in [6, 6.07) is 7.10. The van der Waals surface area contributed by atoms with Crippen LogP contribution >= 0.6 is 11.6 Å². The third-order valence-corrected chi connectivity index (χ3v) is 6.70. The van der Waals surface area contributed by atoms with Crippen LogP contribution in [0.4, 0.5) is 10.5 Å². The molecule has 4 aliphatic rings. The van der Waals surface area contributed by atoms with E-state index in [1.54, 1.807) is 29.2 Å². The lowest BCUT2D eigenvalue weighted by Gasteiger charge is -2.56. The highest BCUT2D eigenvalue weighted by Gasteiger charge is 2.51. The number of ether oxygens (including phenoxy) is 1. The normalized spacial score (nSPS) is 30.2. The van der Waals surface area contributed by atoms with E-state index in [4.69, 9.17) is 16.3 Å². The maximum atomic E-state index is 12.6. The Morgan fingerprint density at radius 3 is 2.61 bits per heavy atom. The largest absolute Gasteiger partial charge is 0.471 e. The van der Waals surface area contributed by atoms with Gasteiger partial charge in [0.1, 0.15) is 5.75 Å². The number of halogens is 1. The molecule has 0 saturated heterocycles. The predicted molar refractivity (Wildman–Crippen MR) is 107 cm³/mol. The summed E-state index contributed by atoms with van der Waals surface area (Å²) in [6.45, 7) is 0.249. The summed E-state index contributed by atoms with van der Waals surface area (Å²) in [7, 11) is 0. The zero-order valence-corrected chi connectivity index (χ0v) is 16.5. The summed E-state index contributed by atoms with van der Waals surface area (Å²) < 4.78 is 7.31. The minimum Gasteiger partial charge on any atom is -0.471 e. The number of rotatable bonds is 5. The van der Waals surface area contributed by atoms with E-state index in [2.05, 4.69) is 15.7 Å².